The van der Waals surface area contributed by atoms with E-state index in [2.05, 4.69) is 16.7 Å². The van der Waals surface area contributed by atoms with Gasteiger partial charge in [-0.15, -0.1) is 0 Å². The van der Waals surface area contributed by atoms with Crippen molar-refractivity contribution in [2.75, 3.05) is 43.4 Å². The molecule has 1 heterocycles. The van der Waals surface area contributed by atoms with Crippen molar-refractivity contribution in [3.05, 3.63) is 48.0 Å². The van der Waals surface area contributed by atoms with E-state index in [1.807, 2.05) is 0 Å². The minimum Gasteiger partial charge on any atom is -0.398 e. The summed E-state index contributed by atoms with van der Waals surface area (Å²) in [5.74, 6) is -1.90. The molecule has 0 saturated carbocycles. The first-order valence-electron chi connectivity index (χ1n) is 8.39. The Hall–Kier alpha value is -2.19. The van der Waals surface area contributed by atoms with Crippen molar-refractivity contribution < 1.29 is 17.2 Å². The van der Waals surface area contributed by atoms with E-state index in [4.69, 9.17) is 5.73 Å². The van der Waals surface area contributed by atoms with E-state index in [1.54, 1.807) is 12.1 Å². The van der Waals surface area contributed by atoms with Crippen molar-refractivity contribution in [1.82, 2.24) is 4.90 Å². The fraction of sp³-hybridized carbons (Fsp3) is 0.333. The van der Waals surface area contributed by atoms with Gasteiger partial charge in [0.15, 0.2) is 0 Å². The van der Waals surface area contributed by atoms with Crippen molar-refractivity contribution in [3.8, 4) is 0 Å². The Balaban J connectivity index is 1.90. The second-order valence-corrected chi connectivity index (χ2v) is 8.17. The van der Waals surface area contributed by atoms with Crippen LogP contribution in [0.3, 0.4) is 0 Å². The van der Waals surface area contributed by atoms with Gasteiger partial charge in [0.2, 0.25) is 9.84 Å². The zero-order valence-corrected chi connectivity index (χ0v) is 15.3. The number of benzene rings is 2. The number of halogens is 2. The Morgan fingerprint density at radius 3 is 2.15 bits per heavy atom. The Morgan fingerprint density at radius 2 is 1.62 bits per heavy atom. The average molecular weight is 381 g/mol. The number of nitrogens with two attached hydrogens (primary N) is 1. The highest BCUT2D eigenvalue weighted by Gasteiger charge is 2.24. The quantitative estimate of drug-likeness (QED) is 0.825. The van der Waals surface area contributed by atoms with Crippen LogP contribution in [0.25, 0.3) is 0 Å². The minimum atomic E-state index is -4.11. The topological polar surface area (TPSA) is 66.6 Å². The fourth-order valence-corrected chi connectivity index (χ4v) is 4.52. The molecule has 0 amide bonds. The van der Waals surface area contributed by atoms with Crippen molar-refractivity contribution >= 4 is 21.2 Å². The van der Waals surface area contributed by atoms with Crippen molar-refractivity contribution in [3.63, 3.8) is 0 Å². The summed E-state index contributed by atoms with van der Waals surface area (Å²) in [6.07, 6.45) is 0. The molecule has 0 atom stereocenters. The highest BCUT2D eigenvalue weighted by atomic mass is 32.2. The van der Waals surface area contributed by atoms with Gasteiger partial charge in [-0.05, 0) is 36.9 Å². The number of sulfone groups is 1. The molecule has 1 aliphatic rings. The first-order valence-corrected chi connectivity index (χ1v) is 9.87. The number of hydrogen-bond donors (Lipinski definition) is 1. The maximum absolute atomic E-state index is 13.4. The molecular formula is C18H21F2N3O2S. The summed E-state index contributed by atoms with van der Waals surface area (Å²) in [7, 11) is -4.11. The van der Waals surface area contributed by atoms with E-state index in [0.29, 0.717) is 6.07 Å². The molecule has 3 rings (SSSR count). The minimum absolute atomic E-state index is 0.0603. The number of piperazine rings is 1. The molecule has 5 nitrogen and oxygen atoms in total. The van der Waals surface area contributed by atoms with Gasteiger partial charge in [0, 0.05) is 37.9 Å². The van der Waals surface area contributed by atoms with Crippen LogP contribution >= 0.6 is 0 Å². The summed E-state index contributed by atoms with van der Waals surface area (Å²) in [6, 6.07) is 6.88. The summed E-state index contributed by atoms with van der Waals surface area (Å²) < 4.78 is 52.2. The van der Waals surface area contributed by atoms with Crippen LogP contribution in [0.4, 0.5) is 20.2 Å². The van der Waals surface area contributed by atoms with Gasteiger partial charge in [-0.3, -0.25) is 0 Å². The molecule has 0 spiro atoms. The molecule has 140 valence electrons. The molecule has 0 unspecified atom stereocenters. The monoisotopic (exact) mass is 381 g/mol. The molecule has 2 aromatic rings. The van der Waals surface area contributed by atoms with Crippen LogP contribution in [-0.2, 0) is 9.84 Å². The normalized spacial score (nSPS) is 16.0. The first-order chi connectivity index (χ1) is 12.3. The molecule has 26 heavy (non-hydrogen) atoms. The average Bonchev–Trinajstić information content (AvgIpc) is 2.60. The van der Waals surface area contributed by atoms with Gasteiger partial charge in [0.05, 0.1) is 15.5 Å². The fourth-order valence-electron chi connectivity index (χ4n) is 3.11. The standard InChI is InChI=1S/C18H21F2N3O2S/c1-2-22-5-7-23(8-6-22)15-3-4-18(17(21)12-15)26(24,25)16-10-13(19)9-14(20)11-16/h3-4,9-12H,2,5-8,21H2,1H3. The molecule has 0 bridgehead atoms. The third kappa shape index (κ3) is 3.66. The lowest BCUT2D eigenvalue weighted by Crippen LogP contribution is -2.46. The SMILES string of the molecule is CCN1CCN(c2ccc(S(=O)(=O)c3cc(F)cc(F)c3)c(N)c2)CC1. The van der Waals surface area contributed by atoms with Crippen LogP contribution in [0, 0.1) is 11.6 Å². The lowest BCUT2D eigenvalue weighted by atomic mass is 10.2. The molecule has 1 aliphatic heterocycles. The molecule has 8 heteroatoms. The molecule has 0 aromatic heterocycles. The van der Waals surface area contributed by atoms with Crippen LogP contribution in [0.5, 0.6) is 0 Å². The molecule has 0 aliphatic carbocycles. The number of hydrogen-bond acceptors (Lipinski definition) is 5. The lowest BCUT2D eigenvalue weighted by molar-refractivity contribution is 0.271. The second kappa shape index (κ2) is 7.20. The summed E-state index contributed by atoms with van der Waals surface area (Å²) in [6.45, 7) is 6.63. The summed E-state index contributed by atoms with van der Waals surface area (Å²) in [4.78, 5) is 3.86. The van der Waals surface area contributed by atoms with E-state index >= 15 is 0 Å². The van der Waals surface area contributed by atoms with Crippen molar-refractivity contribution in [2.24, 2.45) is 0 Å². The van der Waals surface area contributed by atoms with Crippen molar-refractivity contribution in [1.29, 1.82) is 0 Å². The lowest BCUT2D eigenvalue weighted by Gasteiger charge is -2.35. The maximum Gasteiger partial charge on any atom is 0.208 e. The first kappa shape index (κ1) is 18.6. The van der Waals surface area contributed by atoms with E-state index in [-0.39, 0.29) is 10.6 Å². The van der Waals surface area contributed by atoms with Crippen LogP contribution in [-0.4, -0.2) is 46.0 Å². The number of nitrogen functional groups attached to an aromatic ring is 1. The van der Waals surface area contributed by atoms with Crippen LogP contribution < -0.4 is 10.6 Å². The van der Waals surface area contributed by atoms with E-state index < -0.39 is 26.4 Å². The van der Waals surface area contributed by atoms with E-state index in [1.165, 1.54) is 6.07 Å². The number of anilines is 2. The maximum atomic E-state index is 13.4. The van der Waals surface area contributed by atoms with Gasteiger partial charge in [0.25, 0.3) is 0 Å². The van der Waals surface area contributed by atoms with Gasteiger partial charge in [-0.1, -0.05) is 6.92 Å². The Morgan fingerprint density at radius 1 is 1.00 bits per heavy atom. The van der Waals surface area contributed by atoms with Crippen molar-refractivity contribution in [2.45, 2.75) is 16.7 Å². The summed E-state index contributed by atoms with van der Waals surface area (Å²) in [5.41, 5.74) is 6.87. The molecule has 2 aromatic carbocycles. The van der Waals surface area contributed by atoms with E-state index in [0.717, 1.165) is 50.5 Å². The molecule has 0 radical (unpaired) electrons. The smallest absolute Gasteiger partial charge is 0.208 e. The Bertz CT molecular complexity index is 890. The summed E-state index contributed by atoms with van der Waals surface area (Å²) >= 11 is 0. The largest absolute Gasteiger partial charge is 0.398 e. The predicted octanol–water partition coefficient (Wildman–Crippen LogP) is 2.52. The zero-order valence-electron chi connectivity index (χ0n) is 14.5. The highest BCUT2D eigenvalue weighted by Crippen LogP contribution is 2.30. The number of nitrogens with zero attached hydrogens (tertiary/aromatic N) is 2. The van der Waals surface area contributed by atoms with Crippen LogP contribution in [0.1, 0.15) is 6.92 Å². The molecule has 1 fully saturated rings. The summed E-state index contributed by atoms with van der Waals surface area (Å²) in [5, 5.41) is 0. The second-order valence-electron chi connectivity index (χ2n) is 6.25. The van der Waals surface area contributed by atoms with Crippen LogP contribution in [0.15, 0.2) is 46.2 Å². The van der Waals surface area contributed by atoms with Gasteiger partial charge in [0.1, 0.15) is 11.6 Å². The predicted molar refractivity (Wildman–Crippen MR) is 97.0 cm³/mol. The third-order valence-corrected chi connectivity index (χ3v) is 6.42. The number of likely N-dealkylation sites (N-methyl/N-ethyl adjacent to an activating group) is 1. The Kier molecular flexibility index (Phi) is 5.15. The number of rotatable bonds is 4. The van der Waals surface area contributed by atoms with Gasteiger partial charge >= 0.3 is 0 Å². The van der Waals surface area contributed by atoms with Crippen LogP contribution in [0.2, 0.25) is 0 Å². The molecule has 2 N–H and O–H groups in total. The highest BCUT2D eigenvalue weighted by molar-refractivity contribution is 7.91. The Labute approximate surface area is 151 Å². The third-order valence-electron chi connectivity index (χ3n) is 4.61. The van der Waals surface area contributed by atoms with Gasteiger partial charge < -0.3 is 15.5 Å². The molecular weight excluding hydrogens is 360 g/mol. The van der Waals surface area contributed by atoms with Gasteiger partial charge in [-0.25, -0.2) is 17.2 Å². The molecule has 1 saturated heterocycles. The van der Waals surface area contributed by atoms with Gasteiger partial charge in [-0.2, -0.15) is 0 Å². The zero-order chi connectivity index (χ0) is 18.9. The van der Waals surface area contributed by atoms with E-state index in [9.17, 15) is 17.2 Å².